The van der Waals surface area contributed by atoms with Gasteiger partial charge >= 0.3 is 6.18 Å². The van der Waals surface area contributed by atoms with E-state index in [0.29, 0.717) is 11.3 Å². The molecule has 0 N–H and O–H groups in total. The monoisotopic (exact) mass is 434 g/mol. The predicted molar refractivity (Wildman–Crippen MR) is 108 cm³/mol. The van der Waals surface area contributed by atoms with Crippen molar-refractivity contribution in [2.75, 3.05) is 20.3 Å². The van der Waals surface area contributed by atoms with Gasteiger partial charge in [-0.15, -0.1) is 0 Å². The maximum absolute atomic E-state index is 14.1. The van der Waals surface area contributed by atoms with Crippen LogP contribution in [-0.4, -0.2) is 35.6 Å². The number of halogens is 4. The minimum absolute atomic E-state index is 0.0467. The number of carbonyl (C=O) groups is 1. The van der Waals surface area contributed by atoms with Crippen LogP contribution >= 0.6 is 0 Å². The van der Waals surface area contributed by atoms with Crippen molar-refractivity contribution < 1.29 is 27.1 Å². The predicted octanol–water partition coefficient (Wildman–Crippen LogP) is 4.98. The standard InChI is InChI=1S/C23H22F4N2O2/c1-31-13-12-29(22(30)20-9-2-3-10-21(20)24)16-19-8-5-11-28(19)15-17-6-4-7-18(14-17)23(25,26)27/h2-11,14H,12-13,15-16H2,1H3. The minimum Gasteiger partial charge on any atom is -0.383 e. The van der Waals surface area contributed by atoms with Crippen LogP contribution in [0.15, 0.2) is 66.9 Å². The molecule has 0 aliphatic rings. The van der Waals surface area contributed by atoms with E-state index in [2.05, 4.69) is 0 Å². The molecule has 164 valence electrons. The molecular formula is C23H22F4N2O2. The number of benzene rings is 2. The van der Waals surface area contributed by atoms with Crippen molar-refractivity contribution in [3.63, 3.8) is 0 Å². The molecule has 31 heavy (non-hydrogen) atoms. The van der Waals surface area contributed by atoms with Gasteiger partial charge in [0.1, 0.15) is 5.82 Å². The van der Waals surface area contributed by atoms with Crippen LogP contribution < -0.4 is 0 Å². The first-order valence-corrected chi connectivity index (χ1v) is 9.62. The van der Waals surface area contributed by atoms with Crippen molar-refractivity contribution in [1.29, 1.82) is 0 Å². The lowest BCUT2D eigenvalue weighted by Gasteiger charge is -2.24. The summed E-state index contributed by atoms with van der Waals surface area (Å²) in [7, 11) is 1.50. The van der Waals surface area contributed by atoms with E-state index >= 15 is 0 Å². The van der Waals surface area contributed by atoms with Gasteiger partial charge in [-0.25, -0.2) is 4.39 Å². The second kappa shape index (κ2) is 9.78. The average Bonchev–Trinajstić information content (AvgIpc) is 3.17. The Bertz CT molecular complexity index is 1030. The van der Waals surface area contributed by atoms with Crippen molar-refractivity contribution >= 4 is 5.91 Å². The highest BCUT2D eigenvalue weighted by molar-refractivity contribution is 5.94. The Labute approximate surface area is 177 Å². The molecule has 0 saturated carbocycles. The van der Waals surface area contributed by atoms with Gasteiger partial charge in [-0.05, 0) is 42.0 Å². The van der Waals surface area contributed by atoms with Gasteiger partial charge in [-0.3, -0.25) is 4.79 Å². The van der Waals surface area contributed by atoms with E-state index in [1.165, 1.54) is 36.3 Å². The van der Waals surface area contributed by atoms with E-state index in [0.717, 1.165) is 12.1 Å². The summed E-state index contributed by atoms with van der Waals surface area (Å²) in [5.74, 6) is -1.10. The molecule has 1 amide bonds. The maximum atomic E-state index is 14.1. The van der Waals surface area contributed by atoms with Gasteiger partial charge < -0.3 is 14.2 Å². The van der Waals surface area contributed by atoms with Crippen LogP contribution in [0.3, 0.4) is 0 Å². The highest BCUT2D eigenvalue weighted by Crippen LogP contribution is 2.29. The van der Waals surface area contributed by atoms with Gasteiger partial charge in [-0.1, -0.05) is 24.3 Å². The quantitative estimate of drug-likeness (QED) is 0.469. The van der Waals surface area contributed by atoms with E-state index in [-0.39, 0.29) is 31.8 Å². The molecular weight excluding hydrogens is 412 g/mol. The number of aromatic nitrogens is 1. The summed E-state index contributed by atoms with van der Waals surface area (Å²) < 4.78 is 60.0. The summed E-state index contributed by atoms with van der Waals surface area (Å²) in [6, 6.07) is 14.4. The van der Waals surface area contributed by atoms with Gasteiger partial charge in [0.15, 0.2) is 0 Å². The summed E-state index contributed by atoms with van der Waals surface area (Å²) in [5, 5.41) is 0. The van der Waals surface area contributed by atoms with Crippen LogP contribution in [0, 0.1) is 5.82 Å². The average molecular weight is 434 g/mol. The third-order valence-corrected chi connectivity index (χ3v) is 4.84. The highest BCUT2D eigenvalue weighted by atomic mass is 19.4. The van der Waals surface area contributed by atoms with Gasteiger partial charge in [0.05, 0.1) is 24.3 Å². The molecule has 3 rings (SSSR count). The second-order valence-electron chi connectivity index (χ2n) is 7.02. The Morgan fingerprint density at radius 3 is 2.55 bits per heavy atom. The van der Waals surface area contributed by atoms with Gasteiger partial charge in [-0.2, -0.15) is 13.2 Å². The first kappa shape index (κ1) is 22.6. The van der Waals surface area contributed by atoms with Crippen LogP contribution in [0.4, 0.5) is 17.6 Å². The molecule has 0 fully saturated rings. The lowest BCUT2D eigenvalue weighted by atomic mass is 10.1. The molecule has 0 aliphatic carbocycles. The molecule has 0 aliphatic heterocycles. The van der Waals surface area contributed by atoms with E-state index in [1.54, 1.807) is 35.0 Å². The van der Waals surface area contributed by atoms with Gasteiger partial charge in [0.2, 0.25) is 0 Å². The van der Waals surface area contributed by atoms with E-state index in [1.807, 2.05) is 0 Å². The fraction of sp³-hybridized carbons (Fsp3) is 0.261. The number of ether oxygens (including phenoxy) is 1. The van der Waals surface area contributed by atoms with Crippen LogP contribution in [0.25, 0.3) is 0 Å². The zero-order valence-corrected chi connectivity index (χ0v) is 16.9. The number of hydrogen-bond donors (Lipinski definition) is 0. The normalized spacial score (nSPS) is 11.5. The van der Waals surface area contributed by atoms with Crippen molar-refractivity contribution in [3.8, 4) is 0 Å². The smallest absolute Gasteiger partial charge is 0.383 e. The highest BCUT2D eigenvalue weighted by Gasteiger charge is 2.30. The zero-order valence-electron chi connectivity index (χ0n) is 16.9. The van der Waals surface area contributed by atoms with Crippen LogP contribution in [0.5, 0.6) is 0 Å². The molecule has 0 bridgehead atoms. The Morgan fingerprint density at radius 2 is 1.84 bits per heavy atom. The number of alkyl halides is 3. The number of carbonyl (C=O) groups excluding carboxylic acids is 1. The van der Waals surface area contributed by atoms with Crippen LogP contribution in [-0.2, 0) is 24.0 Å². The summed E-state index contributed by atoms with van der Waals surface area (Å²) in [5.41, 5.74) is 0.430. The topological polar surface area (TPSA) is 34.5 Å². The third-order valence-electron chi connectivity index (χ3n) is 4.84. The summed E-state index contributed by atoms with van der Waals surface area (Å²) in [4.78, 5) is 14.4. The van der Waals surface area contributed by atoms with Crippen LogP contribution in [0.2, 0.25) is 0 Å². The first-order valence-electron chi connectivity index (χ1n) is 9.62. The lowest BCUT2D eigenvalue weighted by molar-refractivity contribution is -0.137. The fourth-order valence-electron chi connectivity index (χ4n) is 3.24. The number of nitrogens with zero attached hydrogens (tertiary/aromatic N) is 2. The molecule has 1 aromatic heterocycles. The molecule has 3 aromatic rings. The summed E-state index contributed by atoms with van der Waals surface area (Å²) in [6.07, 6.45) is -2.68. The van der Waals surface area contributed by atoms with Crippen molar-refractivity contribution in [3.05, 3.63) is 95.1 Å². The van der Waals surface area contributed by atoms with Crippen molar-refractivity contribution in [2.24, 2.45) is 0 Å². The molecule has 4 nitrogen and oxygen atoms in total. The maximum Gasteiger partial charge on any atom is 0.416 e. The largest absolute Gasteiger partial charge is 0.416 e. The minimum atomic E-state index is -4.42. The number of methoxy groups -OCH3 is 1. The van der Waals surface area contributed by atoms with Crippen molar-refractivity contribution in [1.82, 2.24) is 9.47 Å². The summed E-state index contributed by atoms with van der Waals surface area (Å²) >= 11 is 0. The van der Waals surface area contributed by atoms with E-state index < -0.39 is 23.5 Å². The first-order chi connectivity index (χ1) is 14.8. The Kier molecular flexibility index (Phi) is 7.12. The van der Waals surface area contributed by atoms with E-state index in [4.69, 9.17) is 4.74 Å². The SMILES string of the molecule is COCCN(Cc1cccn1Cc1cccc(C(F)(F)F)c1)C(=O)c1ccccc1F. The Balaban J connectivity index is 1.82. The fourth-order valence-corrected chi connectivity index (χ4v) is 3.24. The Hall–Kier alpha value is -3.13. The molecule has 8 heteroatoms. The van der Waals surface area contributed by atoms with E-state index in [9.17, 15) is 22.4 Å². The Morgan fingerprint density at radius 1 is 1.06 bits per heavy atom. The molecule has 0 atom stereocenters. The second-order valence-corrected chi connectivity index (χ2v) is 7.02. The molecule has 0 saturated heterocycles. The zero-order chi connectivity index (χ0) is 22.4. The summed E-state index contributed by atoms with van der Waals surface area (Å²) in [6.45, 7) is 0.855. The number of amides is 1. The third kappa shape index (κ3) is 5.73. The molecule has 0 spiro atoms. The molecule has 2 aromatic carbocycles. The van der Waals surface area contributed by atoms with Gasteiger partial charge in [0, 0.05) is 32.1 Å². The molecule has 0 radical (unpaired) electrons. The molecule has 0 unspecified atom stereocenters. The van der Waals surface area contributed by atoms with Gasteiger partial charge in [0.25, 0.3) is 5.91 Å². The number of rotatable bonds is 8. The number of hydrogen-bond acceptors (Lipinski definition) is 2. The molecule has 1 heterocycles. The lowest BCUT2D eigenvalue weighted by Crippen LogP contribution is -2.34. The van der Waals surface area contributed by atoms with Crippen LogP contribution in [0.1, 0.15) is 27.2 Å². The van der Waals surface area contributed by atoms with Crippen molar-refractivity contribution in [2.45, 2.75) is 19.3 Å².